The first-order chi connectivity index (χ1) is 9.79. The molecule has 2 N–H and O–H groups in total. The van der Waals surface area contributed by atoms with Crippen molar-refractivity contribution in [3.63, 3.8) is 0 Å². The third kappa shape index (κ3) is 4.47. The Labute approximate surface area is 120 Å². The number of aromatic nitrogens is 2. The van der Waals surface area contributed by atoms with E-state index in [1.807, 2.05) is 6.92 Å². The van der Waals surface area contributed by atoms with Crippen LogP contribution in [0.5, 0.6) is 0 Å². The van der Waals surface area contributed by atoms with Gasteiger partial charge in [-0.3, -0.25) is 4.79 Å². The normalized spacial score (nSPS) is 15.8. The van der Waals surface area contributed by atoms with E-state index in [-0.39, 0.29) is 5.91 Å². The maximum Gasteiger partial charge on any atom is 0.271 e. The SMILES string of the molecule is CCNc1ccc(C(=O)NCCC2CCCCC2)nn1. The zero-order valence-electron chi connectivity index (χ0n) is 12.2. The van der Waals surface area contributed by atoms with Crippen LogP contribution in [0.3, 0.4) is 0 Å². The summed E-state index contributed by atoms with van der Waals surface area (Å²) in [5, 5.41) is 13.9. The van der Waals surface area contributed by atoms with E-state index in [1.165, 1.54) is 32.1 Å². The molecule has 110 valence electrons. The first-order valence-electron chi connectivity index (χ1n) is 7.65. The highest BCUT2D eigenvalue weighted by atomic mass is 16.1. The topological polar surface area (TPSA) is 66.9 Å². The van der Waals surface area contributed by atoms with Crippen molar-refractivity contribution in [2.75, 3.05) is 18.4 Å². The van der Waals surface area contributed by atoms with Gasteiger partial charge in [-0.2, -0.15) is 0 Å². The van der Waals surface area contributed by atoms with E-state index in [0.717, 1.165) is 25.4 Å². The van der Waals surface area contributed by atoms with Gasteiger partial charge < -0.3 is 10.6 Å². The second kappa shape index (κ2) is 7.82. The number of nitrogens with one attached hydrogen (secondary N) is 2. The van der Waals surface area contributed by atoms with Crippen molar-refractivity contribution >= 4 is 11.7 Å². The number of rotatable bonds is 6. The molecule has 1 saturated carbocycles. The van der Waals surface area contributed by atoms with E-state index in [1.54, 1.807) is 12.1 Å². The highest BCUT2D eigenvalue weighted by Gasteiger charge is 2.14. The highest BCUT2D eigenvalue weighted by Crippen LogP contribution is 2.25. The Morgan fingerprint density at radius 2 is 2.05 bits per heavy atom. The number of carbonyl (C=O) groups is 1. The minimum atomic E-state index is -0.128. The first kappa shape index (κ1) is 14.8. The van der Waals surface area contributed by atoms with Crippen LogP contribution < -0.4 is 10.6 Å². The summed E-state index contributed by atoms with van der Waals surface area (Å²) in [5.41, 5.74) is 0.385. The van der Waals surface area contributed by atoms with E-state index >= 15 is 0 Å². The number of hydrogen-bond acceptors (Lipinski definition) is 4. The fourth-order valence-electron chi connectivity index (χ4n) is 2.68. The second-order valence-electron chi connectivity index (χ2n) is 5.38. The number of hydrogen-bond donors (Lipinski definition) is 2. The number of carbonyl (C=O) groups excluding carboxylic acids is 1. The van der Waals surface area contributed by atoms with Crippen molar-refractivity contribution in [2.45, 2.75) is 45.4 Å². The van der Waals surface area contributed by atoms with Crippen molar-refractivity contribution in [2.24, 2.45) is 5.92 Å². The van der Waals surface area contributed by atoms with Gasteiger partial charge in [0, 0.05) is 13.1 Å². The van der Waals surface area contributed by atoms with E-state index < -0.39 is 0 Å². The minimum Gasteiger partial charge on any atom is -0.369 e. The third-order valence-electron chi connectivity index (χ3n) is 3.82. The number of amides is 1. The minimum absolute atomic E-state index is 0.128. The van der Waals surface area contributed by atoms with Gasteiger partial charge in [-0.25, -0.2) is 0 Å². The zero-order chi connectivity index (χ0) is 14.2. The van der Waals surface area contributed by atoms with Crippen LogP contribution in [-0.4, -0.2) is 29.2 Å². The summed E-state index contributed by atoms with van der Waals surface area (Å²) < 4.78 is 0. The molecule has 5 heteroatoms. The van der Waals surface area contributed by atoms with Gasteiger partial charge in [-0.15, -0.1) is 10.2 Å². The van der Waals surface area contributed by atoms with Gasteiger partial charge in [0.2, 0.25) is 0 Å². The van der Waals surface area contributed by atoms with Gasteiger partial charge in [0.25, 0.3) is 5.91 Å². The Morgan fingerprint density at radius 3 is 2.70 bits per heavy atom. The summed E-state index contributed by atoms with van der Waals surface area (Å²) in [4.78, 5) is 11.9. The predicted octanol–water partition coefficient (Wildman–Crippen LogP) is 2.61. The van der Waals surface area contributed by atoms with Crippen LogP contribution in [0.1, 0.15) is 55.9 Å². The predicted molar refractivity (Wildman–Crippen MR) is 79.7 cm³/mol. The lowest BCUT2D eigenvalue weighted by Gasteiger charge is -2.21. The molecule has 1 amide bonds. The molecule has 0 aliphatic heterocycles. The van der Waals surface area contributed by atoms with Crippen LogP contribution in [-0.2, 0) is 0 Å². The van der Waals surface area contributed by atoms with Gasteiger partial charge in [-0.05, 0) is 31.4 Å². The van der Waals surface area contributed by atoms with Crippen molar-refractivity contribution in [3.05, 3.63) is 17.8 Å². The van der Waals surface area contributed by atoms with Crippen molar-refractivity contribution in [3.8, 4) is 0 Å². The maximum absolute atomic E-state index is 11.9. The largest absolute Gasteiger partial charge is 0.369 e. The van der Waals surface area contributed by atoms with E-state index in [0.29, 0.717) is 11.5 Å². The molecule has 2 rings (SSSR count). The molecule has 1 heterocycles. The molecule has 1 aromatic heterocycles. The molecular formula is C15H24N4O. The molecule has 0 unspecified atom stereocenters. The molecule has 1 aromatic rings. The van der Waals surface area contributed by atoms with Crippen molar-refractivity contribution in [1.29, 1.82) is 0 Å². The van der Waals surface area contributed by atoms with Crippen LogP contribution in [0.4, 0.5) is 5.82 Å². The lowest BCUT2D eigenvalue weighted by atomic mass is 9.87. The maximum atomic E-state index is 11.9. The molecule has 0 saturated heterocycles. The molecule has 20 heavy (non-hydrogen) atoms. The summed E-state index contributed by atoms with van der Waals surface area (Å²) in [5.74, 6) is 1.36. The van der Waals surface area contributed by atoms with E-state index in [9.17, 15) is 4.79 Å². The average Bonchev–Trinajstić information content (AvgIpc) is 2.49. The molecular weight excluding hydrogens is 252 g/mol. The molecule has 0 spiro atoms. The monoisotopic (exact) mass is 276 g/mol. The fraction of sp³-hybridized carbons (Fsp3) is 0.667. The number of anilines is 1. The zero-order valence-corrected chi connectivity index (χ0v) is 12.2. The molecule has 0 atom stereocenters. The first-order valence-corrected chi connectivity index (χ1v) is 7.65. The van der Waals surface area contributed by atoms with Gasteiger partial charge >= 0.3 is 0 Å². The Morgan fingerprint density at radius 1 is 1.25 bits per heavy atom. The van der Waals surface area contributed by atoms with Crippen molar-refractivity contribution in [1.82, 2.24) is 15.5 Å². The molecule has 1 aliphatic carbocycles. The number of nitrogens with zero attached hydrogens (tertiary/aromatic N) is 2. The van der Waals surface area contributed by atoms with E-state index in [4.69, 9.17) is 0 Å². The van der Waals surface area contributed by atoms with Crippen molar-refractivity contribution < 1.29 is 4.79 Å². The van der Waals surface area contributed by atoms with Crippen LogP contribution in [0.2, 0.25) is 0 Å². The fourth-order valence-corrected chi connectivity index (χ4v) is 2.68. The Hall–Kier alpha value is -1.65. The Bertz CT molecular complexity index is 412. The molecule has 0 bridgehead atoms. The van der Waals surface area contributed by atoms with Crippen LogP contribution in [0, 0.1) is 5.92 Å². The van der Waals surface area contributed by atoms with Crippen LogP contribution in [0.15, 0.2) is 12.1 Å². The summed E-state index contributed by atoms with van der Waals surface area (Å²) in [7, 11) is 0. The standard InChI is InChI=1S/C15H24N4O/c1-2-16-14-9-8-13(18-19-14)15(20)17-11-10-12-6-4-3-5-7-12/h8-9,12H,2-7,10-11H2,1H3,(H,16,19)(H,17,20). The summed E-state index contributed by atoms with van der Waals surface area (Å²) in [6, 6.07) is 3.49. The summed E-state index contributed by atoms with van der Waals surface area (Å²) >= 11 is 0. The molecule has 1 fully saturated rings. The summed E-state index contributed by atoms with van der Waals surface area (Å²) in [6.07, 6.45) is 7.76. The lowest BCUT2D eigenvalue weighted by Crippen LogP contribution is -2.27. The van der Waals surface area contributed by atoms with Gasteiger partial charge in [0.15, 0.2) is 5.69 Å². The second-order valence-corrected chi connectivity index (χ2v) is 5.38. The van der Waals surface area contributed by atoms with Gasteiger partial charge in [0.05, 0.1) is 0 Å². The quantitative estimate of drug-likeness (QED) is 0.838. The summed E-state index contributed by atoms with van der Waals surface area (Å²) in [6.45, 7) is 3.52. The van der Waals surface area contributed by atoms with Crippen LogP contribution in [0.25, 0.3) is 0 Å². The molecule has 0 radical (unpaired) electrons. The van der Waals surface area contributed by atoms with Crippen LogP contribution >= 0.6 is 0 Å². The Kier molecular flexibility index (Phi) is 5.77. The lowest BCUT2D eigenvalue weighted by molar-refractivity contribution is 0.0944. The van der Waals surface area contributed by atoms with Gasteiger partial charge in [-0.1, -0.05) is 32.1 Å². The van der Waals surface area contributed by atoms with E-state index in [2.05, 4.69) is 20.8 Å². The average molecular weight is 276 g/mol. The van der Waals surface area contributed by atoms with Gasteiger partial charge in [0.1, 0.15) is 5.82 Å². The third-order valence-corrected chi connectivity index (χ3v) is 3.82. The molecule has 0 aromatic carbocycles. The highest BCUT2D eigenvalue weighted by molar-refractivity contribution is 5.92. The Balaban J connectivity index is 1.73. The molecule has 1 aliphatic rings. The molecule has 5 nitrogen and oxygen atoms in total. The smallest absolute Gasteiger partial charge is 0.271 e.